The lowest BCUT2D eigenvalue weighted by molar-refractivity contribution is 0.320. The Morgan fingerprint density at radius 2 is 1.95 bits per heavy atom. The van der Waals surface area contributed by atoms with Crippen molar-refractivity contribution in [1.82, 2.24) is 15.6 Å². The average Bonchev–Trinajstić information content (AvgIpc) is 2.56. The van der Waals surface area contributed by atoms with Gasteiger partial charge in [0, 0.05) is 19.8 Å². The predicted molar refractivity (Wildman–Crippen MR) is 99.8 cm³/mol. The minimum atomic E-state index is 0. The number of pyridine rings is 1. The molecule has 22 heavy (non-hydrogen) atoms. The molecule has 0 bridgehead atoms. The van der Waals surface area contributed by atoms with Crippen LogP contribution in [0, 0.1) is 0 Å². The first-order valence-electron chi connectivity index (χ1n) is 6.90. The molecule has 0 amide bonds. The molecule has 2 rings (SSSR count). The van der Waals surface area contributed by atoms with E-state index in [0.29, 0.717) is 13.2 Å². The van der Waals surface area contributed by atoms with E-state index in [-0.39, 0.29) is 24.0 Å². The van der Waals surface area contributed by atoms with Crippen LogP contribution in [0.3, 0.4) is 0 Å². The van der Waals surface area contributed by atoms with Crippen LogP contribution in [0.2, 0.25) is 0 Å². The Hall–Kier alpha value is -1.83. The number of benzene rings is 1. The lowest BCUT2D eigenvalue weighted by Gasteiger charge is -2.12. The van der Waals surface area contributed by atoms with Gasteiger partial charge < -0.3 is 15.4 Å². The zero-order valence-corrected chi connectivity index (χ0v) is 14.9. The van der Waals surface area contributed by atoms with Crippen molar-refractivity contribution in [3.8, 4) is 5.75 Å². The summed E-state index contributed by atoms with van der Waals surface area (Å²) in [4.78, 5) is 8.17. The van der Waals surface area contributed by atoms with Crippen LogP contribution in [-0.4, -0.2) is 31.1 Å². The summed E-state index contributed by atoms with van der Waals surface area (Å²) >= 11 is 0. The van der Waals surface area contributed by atoms with Gasteiger partial charge in [-0.3, -0.25) is 9.98 Å². The highest BCUT2D eigenvalue weighted by atomic mass is 127. The van der Waals surface area contributed by atoms with Crippen LogP contribution in [-0.2, 0) is 6.54 Å². The number of guanidine groups is 1. The second-order valence-corrected chi connectivity index (χ2v) is 4.38. The molecule has 2 N–H and O–H groups in total. The summed E-state index contributed by atoms with van der Waals surface area (Å²) in [6, 6.07) is 13.9. The molecule has 1 aromatic carbocycles. The second-order valence-electron chi connectivity index (χ2n) is 4.38. The van der Waals surface area contributed by atoms with Gasteiger partial charge >= 0.3 is 0 Å². The zero-order valence-electron chi connectivity index (χ0n) is 12.5. The van der Waals surface area contributed by atoms with E-state index in [9.17, 15) is 0 Å². The lowest BCUT2D eigenvalue weighted by Crippen LogP contribution is -2.38. The molecule has 2 aromatic rings. The zero-order chi connectivity index (χ0) is 14.8. The third-order valence-electron chi connectivity index (χ3n) is 2.82. The van der Waals surface area contributed by atoms with Gasteiger partial charge in [-0.05, 0) is 17.7 Å². The van der Waals surface area contributed by atoms with E-state index in [4.69, 9.17) is 4.74 Å². The van der Waals surface area contributed by atoms with E-state index in [2.05, 4.69) is 32.7 Å². The number of aromatic nitrogens is 1. The number of hydrogen-bond acceptors (Lipinski definition) is 3. The SMILES string of the molecule is CN=C(NCCOc1cccnc1)NCc1ccccc1.I. The van der Waals surface area contributed by atoms with Crippen molar-refractivity contribution in [1.29, 1.82) is 0 Å². The van der Waals surface area contributed by atoms with Crippen molar-refractivity contribution < 1.29 is 4.74 Å². The smallest absolute Gasteiger partial charge is 0.191 e. The van der Waals surface area contributed by atoms with Crippen molar-refractivity contribution in [2.24, 2.45) is 4.99 Å². The quantitative estimate of drug-likeness (QED) is 0.331. The highest BCUT2D eigenvalue weighted by molar-refractivity contribution is 14.0. The van der Waals surface area contributed by atoms with Crippen LogP contribution in [0.25, 0.3) is 0 Å². The van der Waals surface area contributed by atoms with Gasteiger partial charge in [0.2, 0.25) is 0 Å². The normalized spacial score (nSPS) is 10.5. The third-order valence-corrected chi connectivity index (χ3v) is 2.82. The molecule has 0 atom stereocenters. The Morgan fingerprint density at radius 1 is 1.14 bits per heavy atom. The Balaban J connectivity index is 0.00000242. The molecule has 0 radical (unpaired) electrons. The van der Waals surface area contributed by atoms with E-state index in [1.807, 2.05) is 30.3 Å². The summed E-state index contributed by atoms with van der Waals surface area (Å²) < 4.78 is 5.56. The van der Waals surface area contributed by atoms with E-state index in [0.717, 1.165) is 18.3 Å². The first-order valence-corrected chi connectivity index (χ1v) is 6.90. The van der Waals surface area contributed by atoms with Gasteiger partial charge in [0.1, 0.15) is 12.4 Å². The first-order chi connectivity index (χ1) is 10.4. The summed E-state index contributed by atoms with van der Waals surface area (Å²) in [6.45, 7) is 1.96. The fourth-order valence-electron chi connectivity index (χ4n) is 1.77. The Kier molecular flexibility index (Phi) is 8.97. The van der Waals surface area contributed by atoms with Gasteiger partial charge in [0.25, 0.3) is 0 Å². The first kappa shape index (κ1) is 18.2. The number of hydrogen-bond donors (Lipinski definition) is 2. The largest absolute Gasteiger partial charge is 0.490 e. The molecule has 0 unspecified atom stereocenters. The summed E-state index contributed by atoms with van der Waals surface area (Å²) in [7, 11) is 1.75. The fraction of sp³-hybridized carbons (Fsp3) is 0.250. The molecule has 0 aliphatic heterocycles. The molecule has 118 valence electrons. The second kappa shape index (κ2) is 10.8. The van der Waals surface area contributed by atoms with Crippen molar-refractivity contribution in [2.75, 3.05) is 20.2 Å². The molecule has 0 aliphatic carbocycles. The molecular weight excluding hydrogens is 391 g/mol. The van der Waals surface area contributed by atoms with Crippen LogP contribution >= 0.6 is 24.0 Å². The minimum absolute atomic E-state index is 0. The van der Waals surface area contributed by atoms with Gasteiger partial charge in [-0.15, -0.1) is 24.0 Å². The Labute approximate surface area is 148 Å². The number of nitrogens with one attached hydrogen (secondary N) is 2. The summed E-state index contributed by atoms with van der Waals surface area (Å²) in [5, 5.41) is 6.46. The van der Waals surface area contributed by atoms with Gasteiger partial charge in [-0.2, -0.15) is 0 Å². The van der Waals surface area contributed by atoms with E-state index < -0.39 is 0 Å². The Morgan fingerprint density at radius 3 is 2.64 bits per heavy atom. The number of nitrogens with zero attached hydrogens (tertiary/aromatic N) is 2. The van der Waals surface area contributed by atoms with Crippen LogP contribution in [0.5, 0.6) is 5.75 Å². The molecule has 0 aliphatic rings. The number of rotatable bonds is 6. The molecule has 0 spiro atoms. The summed E-state index contributed by atoms with van der Waals surface area (Å²) in [5.74, 6) is 1.53. The van der Waals surface area contributed by atoms with Crippen LogP contribution in [0.15, 0.2) is 59.9 Å². The monoisotopic (exact) mass is 412 g/mol. The number of halogens is 1. The Bertz CT molecular complexity index is 549. The van der Waals surface area contributed by atoms with Gasteiger partial charge in [0.05, 0.1) is 12.7 Å². The van der Waals surface area contributed by atoms with Gasteiger partial charge in [0.15, 0.2) is 5.96 Å². The van der Waals surface area contributed by atoms with E-state index in [1.165, 1.54) is 5.56 Å². The number of ether oxygens (including phenoxy) is 1. The summed E-state index contributed by atoms with van der Waals surface area (Å²) in [5.41, 5.74) is 1.21. The van der Waals surface area contributed by atoms with E-state index in [1.54, 1.807) is 19.4 Å². The molecule has 0 saturated carbocycles. The molecule has 1 aromatic heterocycles. The van der Waals surface area contributed by atoms with Gasteiger partial charge in [-0.25, -0.2) is 0 Å². The maximum atomic E-state index is 5.56. The summed E-state index contributed by atoms with van der Waals surface area (Å²) in [6.07, 6.45) is 3.42. The highest BCUT2D eigenvalue weighted by Gasteiger charge is 1.98. The van der Waals surface area contributed by atoms with Crippen LogP contribution in [0.1, 0.15) is 5.56 Å². The standard InChI is InChI=1S/C16H20N4O.HI/c1-17-16(20-12-14-6-3-2-4-7-14)19-10-11-21-15-8-5-9-18-13-15;/h2-9,13H,10-12H2,1H3,(H2,17,19,20);1H. The van der Waals surface area contributed by atoms with Crippen molar-refractivity contribution in [2.45, 2.75) is 6.54 Å². The molecule has 6 heteroatoms. The van der Waals surface area contributed by atoms with Crippen LogP contribution in [0.4, 0.5) is 0 Å². The average molecular weight is 412 g/mol. The highest BCUT2D eigenvalue weighted by Crippen LogP contribution is 2.04. The van der Waals surface area contributed by atoms with E-state index >= 15 is 0 Å². The van der Waals surface area contributed by atoms with Crippen molar-refractivity contribution in [3.05, 3.63) is 60.4 Å². The molecule has 0 fully saturated rings. The molecule has 5 nitrogen and oxygen atoms in total. The lowest BCUT2D eigenvalue weighted by atomic mass is 10.2. The molecule has 0 saturated heterocycles. The molecule has 1 heterocycles. The number of aliphatic imine (C=N–C) groups is 1. The maximum absolute atomic E-state index is 5.56. The minimum Gasteiger partial charge on any atom is -0.490 e. The van der Waals surface area contributed by atoms with Crippen molar-refractivity contribution in [3.63, 3.8) is 0 Å². The topological polar surface area (TPSA) is 58.5 Å². The third kappa shape index (κ3) is 6.75. The van der Waals surface area contributed by atoms with Crippen LogP contribution < -0.4 is 15.4 Å². The fourth-order valence-corrected chi connectivity index (χ4v) is 1.77. The van der Waals surface area contributed by atoms with Gasteiger partial charge in [-0.1, -0.05) is 30.3 Å². The predicted octanol–water partition coefficient (Wildman–Crippen LogP) is 2.44. The molecular formula is C16H21IN4O. The van der Waals surface area contributed by atoms with Crippen molar-refractivity contribution >= 4 is 29.9 Å². The maximum Gasteiger partial charge on any atom is 0.191 e.